The zero-order valence-electron chi connectivity index (χ0n) is 7.23. The fraction of sp³-hybridized carbons (Fsp3) is 0.333. The Balaban J connectivity index is 3.16. The number of alkyl halides is 1. The van der Waals surface area contributed by atoms with Crippen LogP contribution in [0.3, 0.4) is 0 Å². The molecule has 0 unspecified atom stereocenters. The first-order valence-electron chi connectivity index (χ1n) is 3.68. The van der Waals surface area contributed by atoms with Crippen LogP contribution in [0.1, 0.15) is 11.1 Å². The summed E-state index contributed by atoms with van der Waals surface area (Å²) in [6.45, 7) is 1.97. The molecule has 0 aliphatic heterocycles. The topological polar surface area (TPSA) is 35.2 Å². The number of nitrogens with two attached hydrogens (primary N) is 1. The van der Waals surface area contributed by atoms with Crippen molar-refractivity contribution in [2.45, 2.75) is 12.8 Å². The number of anilines is 1. The number of methoxy groups -OCH3 is 1. The van der Waals surface area contributed by atoms with Crippen molar-refractivity contribution in [2.75, 3.05) is 12.8 Å². The largest absolute Gasteiger partial charge is 0.496 e. The number of nitrogen functional groups attached to an aromatic ring is 1. The van der Waals surface area contributed by atoms with Gasteiger partial charge >= 0.3 is 0 Å². The van der Waals surface area contributed by atoms with Gasteiger partial charge in [-0.15, -0.1) is 11.6 Å². The smallest absolute Gasteiger partial charge is 0.123 e. The van der Waals surface area contributed by atoms with Gasteiger partial charge in [-0.2, -0.15) is 0 Å². The van der Waals surface area contributed by atoms with Crippen molar-refractivity contribution in [3.05, 3.63) is 23.3 Å². The molecule has 0 saturated carbocycles. The van der Waals surface area contributed by atoms with Crippen molar-refractivity contribution < 1.29 is 4.74 Å². The molecule has 12 heavy (non-hydrogen) atoms. The van der Waals surface area contributed by atoms with Crippen LogP contribution < -0.4 is 10.5 Å². The number of hydrogen-bond acceptors (Lipinski definition) is 2. The van der Waals surface area contributed by atoms with E-state index in [1.807, 2.05) is 13.0 Å². The zero-order valence-corrected chi connectivity index (χ0v) is 7.98. The Bertz CT molecular complexity index is 256. The third kappa shape index (κ3) is 1.64. The van der Waals surface area contributed by atoms with Crippen LogP contribution in [0, 0.1) is 6.92 Å². The van der Waals surface area contributed by atoms with E-state index in [0.29, 0.717) is 11.6 Å². The molecule has 0 fully saturated rings. The molecule has 0 radical (unpaired) electrons. The Hall–Kier alpha value is -0.890. The van der Waals surface area contributed by atoms with Gasteiger partial charge in [0.1, 0.15) is 5.75 Å². The van der Waals surface area contributed by atoms with Crippen molar-refractivity contribution in [3.8, 4) is 5.75 Å². The maximum Gasteiger partial charge on any atom is 0.123 e. The van der Waals surface area contributed by atoms with E-state index in [1.54, 1.807) is 13.2 Å². The van der Waals surface area contributed by atoms with Gasteiger partial charge in [0.2, 0.25) is 0 Å². The molecule has 0 heterocycles. The molecule has 3 heteroatoms. The summed E-state index contributed by atoms with van der Waals surface area (Å²) in [5.74, 6) is 1.25. The molecule has 0 aromatic heterocycles. The van der Waals surface area contributed by atoms with E-state index >= 15 is 0 Å². The summed E-state index contributed by atoms with van der Waals surface area (Å²) in [4.78, 5) is 0. The summed E-state index contributed by atoms with van der Waals surface area (Å²) >= 11 is 5.68. The monoisotopic (exact) mass is 185 g/mol. The molecule has 66 valence electrons. The molecule has 0 saturated heterocycles. The van der Waals surface area contributed by atoms with Crippen molar-refractivity contribution in [2.24, 2.45) is 0 Å². The van der Waals surface area contributed by atoms with Crippen molar-refractivity contribution >= 4 is 17.3 Å². The minimum Gasteiger partial charge on any atom is -0.496 e. The Kier molecular flexibility index (Phi) is 2.82. The quantitative estimate of drug-likeness (QED) is 0.567. The van der Waals surface area contributed by atoms with Crippen molar-refractivity contribution in [1.82, 2.24) is 0 Å². The molecule has 1 rings (SSSR count). The van der Waals surface area contributed by atoms with E-state index in [0.717, 1.165) is 16.9 Å². The molecule has 0 aliphatic rings. The van der Waals surface area contributed by atoms with Gasteiger partial charge in [0.15, 0.2) is 0 Å². The minimum absolute atomic E-state index is 0.441. The first-order chi connectivity index (χ1) is 5.69. The van der Waals surface area contributed by atoms with Crippen LogP contribution in [0.25, 0.3) is 0 Å². The van der Waals surface area contributed by atoms with Crippen molar-refractivity contribution in [3.63, 3.8) is 0 Å². The fourth-order valence-electron chi connectivity index (χ4n) is 1.10. The van der Waals surface area contributed by atoms with Crippen LogP contribution in [-0.4, -0.2) is 7.11 Å². The SMILES string of the molecule is COc1cc(N)c(CCl)cc1C. The molecular formula is C9H12ClNO. The molecule has 0 atom stereocenters. The Morgan fingerprint density at radius 2 is 2.17 bits per heavy atom. The predicted octanol–water partition coefficient (Wildman–Crippen LogP) is 2.32. The van der Waals surface area contributed by atoms with E-state index in [4.69, 9.17) is 22.1 Å². The third-order valence-corrected chi connectivity index (χ3v) is 2.09. The summed E-state index contributed by atoms with van der Waals surface area (Å²) in [6, 6.07) is 3.74. The van der Waals surface area contributed by atoms with E-state index in [2.05, 4.69) is 0 Å². The maximum absolute atomic E-state index is 5.71. The Morgan fingerprint density at radius 1 is 1.50 bits per heavy atom. The molecule has 0 bridgehead atoms. The lowest BCUT2D eigenvalue weighted by molar-refractivity contribution is 0.412. The molecule has 0 amide bonds. The van der Waals surface area contributed by atoms with Gasteiger partial charge in [-0.25, -0.2) is 0 Å². The second-order valence-corrected chi connectivity index (χ2v) is 2.92. The van der Waals surface area contributed by atoms with E-state index in [1.165, 1.54) is 0 Å². The molecule has 2 N–H and O–H groups in total. The predicted molar refractivity (Wildman–Crippen MR) is 51.7 cm³/mol. The molecule has 2 nitrogen and oxygen atoms in total. The summed E-state index contributed by atoms with van der Waals surface area (Å²) < 4.78 is 5.10. The van der Waals surface area contributed by atoms with Crippen molar-refractivity contribution in [1.29, 1.82) is 0 Å². The van der Waals surface area contributed by atoms with E-state index in [9.17, 15) is 0 Å². The van der Waals surface area contributed by atoms with Crippen LogP contribution in [0.2, 0.25) is 0 Å². The fourth-order valence-corrected chi connectivity index (χ4v) is 1.33. The molecule has 0 spiro atoms. The summed E-state index contributed by atoms with van der Waals surface area (Å²) in [5, 5.41) is 0. The second-order valence-electron chi connectivity index (χ2n) is 2.65. The second kappa shape index (κ2) is 3.68. The van der Waals surface area contributed by atoms with E-state index in [-0.39, 0.29) is 0 Å². The van der Waals surface area contributed by atoms with Gasteiger partial charge in [-0.05, 0) is 24.1 Å². The van der Waals surface area contributed by atoms with Gasteiger partial charge in [-0.3, -0.25) is 0 Å². The molecular weight excluding hydrogens is 174 g/mol. The standard InChI is InChI=1S/C9H12ClNO/c1-6-3-7(5-10)8(11)4-9(6)12-2/h3-4H,5,11H2,1-2H3. The number of hydrogen-bond donors (Lipinski definition) is 1. The minimum atomic E-state index is 0.441. The lowest BCUT2D eigenvalue weighted by Crippen LogP contribution is -1.95. The van der Waals surface area contributed by atoms with Gasteiger partial charge in [0.05, 0.1) is 7.11 Å². The normalized spacial score (nSPS) is 9.92. The van der Waals surface area contributed by atoms with Gasteiger partial charge in [0, 0.05) is 17.6 Å². The van der Waals surface area contributed by atoms with E-state index < -0.39 is 0 Å². The number of halogens is 1. The number of rotatable bonds is 2. The Labute approximate surface area is 77.3 Å². The summed E-state index contributed by atoms with van der Waals surface area (Å²) in [6.07, 6.45) is 0. The highest BCUT2D eigenvalue weighted by Gasteiger charge is 2.03. The maximum atomic E-state index is 5.71. The highest BCUT2D eigenvalue weighted by Crippen LogP contribution is 2.25. The van der Waals surface area contributed by atoms with Gasteiger partial charge in [-0.1, -0.05) is 0 Å². The zero-order chi connectivity index (χ0) is 9.14. The number of ether oxygens (including phenoxy) is 1. The summed E-state index contributed by atoms with van der Waals surface area (Å²) in [5.41, 5.74) is 8.41. The lowest BCUT2D eigenvalue weighted by atomic mass is 10.1. The number of benzene rings is 1. The summed E-state index contributed by atoms with van der Waals surface area (Å²) in [7, 11) is 1.63. The first-order valence-corrected chi connectivity index (χ1v) is 4.21. The van der Waals surface area contributed by atoms with Crippen LogP contribution in [-0.2, 0) is 5.88 Å². The van der Waals surface area contributed by atoms with Crippen LogP contribution in [0.15, 0.2) is 12.1 Å². The third-order valence-electron chi connectivity index (χ3n) is 1.80. The highest BCUT2D eigenvalue weighted by atomic mass is 35.5. The first kappa shape index (κ1) is 9.20. The molecule has 0 aliphatic carbocycles. The van der Waals surface area contributed by atoms with Gasteiger partial charge < -0.3 is 10.5 Å². The average Bonchev–Trinajstić information content (AvgIpc) is 2.08. The van der Waals surface area contributed by atoms with Gasteiger partial charge in [0.25, 0.3) is 0 Å². The highest BCUT2D eigenvalue weighted by molar-refractivity contribution is 6.17. The molecule has 1 aromatic carbocycles. The van der Waals surface area contributed by atoms with Crippen LogP contribution >= 0.6 is 11.6 Å². The van der Waals surface area contributed by atoms with Crippen LogP contribution in [0.4, 0.5) is 5.69 Å². The number of aryl methyl sites for hydroxylation is 1. The Morgan fingerprint density at radius 3 is 2.67 bits per heavy atom. The average molecular weight is 186 g/mol. The molecule has 1 aromatic rings. The van der Waals surface area contributed by atoms with Crippen LogP contribution in [0.5, 0.6) is 5.75 Å². The lowest BCUT2D eigenvalue weighted by Gasteiger charge is -2.08.